The van der Waals surface area contributed by atoms with Crippen molar-refractivity contribution < 1.29 is 17.6 Å². The molecule has 0 atom stereocenters. The first-order valence-corrected chi connectivity index (χ1v) is 5.93. The average molecular weight is 345 g/mol. The second-order valence-electron chi connectivity index (χ2n) is 3.47. The topological polar surface area (TPSA) is 38.0 Å². The number of hydrogen-bond acceptors (Lipinski definition) is 2. The van der Waals surface area contributed by atoms with Crippen molar-refractivity contribution in [2.45, 2.75) is 12.3 Å². The SMILES string of the molecule is NC(=S)c1cc(Br)ccc1NCC(F)(F)C(F)F. The third-order valence-corrected chi connectivity index (χ3v) is 2.79. The van der Waals surface area contributed by atoms with Crippen LogP contribution in [0.15, 0.2) is 22.7 Å². The van der Waals surface area contributed by atoms with Gasteiger partial charge in [0, 0.05) is 15.7 Å². The number of alkyl halides is 4. The number of thiocarbonyl (C=S) groups is 1. The number of hydrogen-bond donors (Lipinski definition) is 2. The Hall–Kier alpha value is -0.890. The first-order valence-electron chi connectivity index (χ1n) is 4.73. The third-order valence-electron chi connectivity index (χ3n) is 2.08. The summed E-state index contributed by atoms with van der Waals surface area (Å²) in [4.78, 5) is -0.0147. The maximum atomic E-state index is 12.8. The second kappa shape index (κ2) is 5.83. The third kappa shape index (κ3) is 3.81. The molecule has 1 aromatic carbocycles. The quantitative estimate of drug-likeness (QED) is 0.635. The summed E-state index contributed by atoms with van der Waals surface area (Å²) in [5.41, 5.74) is 5.91. The highest BCUT2D eigenvalue weighted by molar-refractivity contribution is 9.10. The number of anilines is 1. The summed E-state index contributed by atoms with van der Waals surface area (Å²) < 4.78 is 50.1. The van der Waals surface area contributed by atoms with Crippen molar-refractivity contribution in [2.24, 2.45) is 5.73 Å². The van der Waals surface area contributed by atoms with Gasteiger partial charge in [-0.05, 0) is 18.2 Å². The normalized spacial score (nSPS) is 11.7. The molecule has 0 aliphatic heterocycles. The molecule has 0 aromatic heterocycles. The van der Waals surface area contributed by atoms with E-state index in [2.05, 4.69) is 21.2 Å². The minimum Gasteiger partial charge on any atom is -0.389 e. The van der Waals surface area contributed by atoms with Crippen LogP contribution in [-0.2, 0) is 0 Å². The molecule has 0 aliphatic rings. The van der Waals surface area contributed by atoms with Crippen molar-refractivity contribution in [1.82, 2.24) is 0 Å². The fraction of sp³-hybridized carbons (Fsp3) is 0.300. The van der Waals surface area contributed by atoms with E-state index in [-0.39, 0.29) is 10.7 Å². The molecule has 0 amide bonds. The lowest BCUT2D eigenvalue weighted by atomic mass is 10.1. The summed E-state index contributed by atoms with van der Waals surface area (Å²) in [6.45, 7) is -1.19. The molecule has 0 unspecified atom stereocenters. The van der Waals surface area contributed by atoms with E-state index in [0.29, 0.717) is 10.0 Å². The lowest BCUT2D eigenvalue weighted by Crippen LogP contribution is -2.35. The molecule has 0 saturated heterocycles. The monoisotopic (exact) mass is 344 g/mol. The van der Waals surface area contributed by atoms with Crippen molar-refractivity contribution in [1.29, 1.82) is 0 Å². The Labute approximate surface area is 115 Å². The maximum Gasteiger partial charge on any atom is 0.324 e. The highest BCUT2D eigenvalue weighted by atomic mass is 79.9. The Kier molecular flexibility index (Phi) is 4.92. The Morgan fingerprint density at radius 2 is 2.06 bits per heavy atom. The highest BCUT2D eigenvalue weighted by Crippen LogP contribution is 2.26. The van der Waals surface area contributed by atoms with Crippen LogP contribution >= 0.6 is 28.1 Å². The molecular formula is C10H9BrF4N2S. The fourth-order valence-electron chi connectivity index (χ4n) is 1.16. The fourth-order valence-corrected chi connectivity index (χ4v) is 1.69. The van der Waals surface area contributed by atoms with Crippen LogP contribution in [-0.4, -0.2) is 23.9 Å². The van der Waals surface area contributed by atoms with Crippen molar-refractivity contribution in [2.75, 3.05) is 11.9 Å². The standard InChI is InChI=1S/C10H9BrF4N2S/c11-5-1-2-7(6(3-5)8(16)18)17-4-10(14,15)9(12)13/h1-3,9,17H,4H2,(H2,16,18). The average Bonchev–Trinajstić information content (AvgIpc) is 2.27. The number of halogens is 5. The first kappa shape index (κ1) is 15.2. The molecule has 0 radical (unpaired) electrons. The molecule has 1 aromatic rings. The van der Waals surface area contributed by atoms with Gasteiger partial charge in [-0.1, -0.05) is 28.1 Å². The number of benzene rings is 1. The molecule has 0 saturated carbocycles. The van der Waals surface area contributed by atoms with Crippen LogP contribution < -0.4 is 11.1 Å². The molecule has 3 N–H and O–H groups in total. The summed E-state index contributed by atoms with van der Waals surface area (Å²) in [7, 11) is 0. The van der Waals surface area contributed by atoms with Crippen molar-refractivity contribution in [3.05, 3.63) is 28.2 Å². The Bertz CT molecular complexity index is 454. The van der Waals surface area contributed by atoms with Crippen LogP contribution in [0, 0.1) is 0 Å². The zero-order valence-electron chi connectivity index (χ0n) is 8.89. The largest absolute Gasteiger partial charge is 0.389 e. The molecular weight excluding hydrogens is 336 g/mol. The van der Waals surface area contributed by atoms with Gasteiger partial charge in [0.15, 0.2) is 0 Å². The number of nitrogens with two attached hydrogens (primary N) is 1. The zero-order chi connectivity index (χ0) is 13.9. The minimum atomic E-state index is -4.11. The van der Waals surface area contributed by atoms with Crippen LogP contribution in [0.25, 0.3) is 0 Å². The number of rotatable bonds is 5. The van der Waals surface area contributed by atoms with Crippen LogP contribution in [0.5, 0.6) is 0 Å². The molecule has 8 heteroatoms. The van der Waals surface area contributed by atoms with Gasteiger partial charge in [-0.25, -0.2) is 8.78 Å². The molecule has 0 fully saturated rings. The Morgan fingerprint density at radius 1 is 1.44 bits per heavy atom. The van der Waals surface area contributed by atoms with E-state index < -0.39 is 18.9 Å². The van der Waals surface area contributed by atoms with Gasteiger partial charge < -0.3 is 11.1 Å². The van der Waals surface area contributed by atoms with E-state index in [0.717, 1.165) is 0 Å². The Balaban J connectivity index is 2.89. The first-order chi connectivity index (χ1) is 8.24. The second-order valence-corrected chi connectivity index (χ2v) is 4.82. The van der Waals surface area contributed by atoms with E-state index in [1.807, 2.05) is 0 Å². The predicted octanol–water partition coefficient (Wildman–Crippen LogP) is 3.40. The van der Waals surface area contributed by atoms with Gasteiger partial charge in [0.05, 0.1) is 6.54 Å². The van der Waals surface area contributed by atoms with Crippen molar-refractivity contribution >= 4 is 38.8 Å². The number of nitrogens with one attached hydrogen (secondary N) is 1. The van der Waals surface area contributed by atoms with Crippen LogP contribution in [0.4, 0.5) is 23.2 Å². The molecule has 100 valence electrons. The molecule has 0 aliphatic carbocycles. The molecule has 0 bridgehead atoms. The lowest BCUT2D eigenvalue weighted by Gasteiger charge is -2.18. The van der Waals surface area contributed by atoms with Gasteiger partial charge in [0.2, 0.25) is 0 Å². The van der Waals surface area contributed by atoms with Gasteiger partial charge in [-0.3, -0.25) is 0 Å². The zero-order valence-corrected chi connectivity index (χ0v) is 11.3. The molecule has 2 nitrogen and oxygen atoms in total. The van der Waals surface area contributed by atoms with E-state index in [1.165, 1.54) is 12.1 Å². The van der Waals surface area contributed by atoms with Gasteiger partial charge in [0.1, 0.15) is 4.99 Å². The van der Waals surface area contributed by atoms with Gasteiger partial charge in [0.25, 0.3) is 0 Å². The summed E-state index contributed by atoms with van der Waals surface area (Å²) in [5.74, 6) is -4.11. The van der Waals surface area contributed by atoms with E-state index in [4.69, 9.17) is 18.0 Å². The van der Waals surface area contributed by atoms with Gasteiger partial charge in [-0.15, -0.1) is 0 Å². The van der Waals surface area contributed by atoms with Crippen LogP contribution in [0.1, 0.15) is 5.56 Å². The van der Waals surface area contributed by atoms with Crippen LogP contribution in [0.2, 0.25) is 0 Å². The van der Waals surface area contributed by atoms with E-state index >= 15 is 0 Å². The summed E-state index contributed by atoms with van der Waals surface area (Å²) in [6.07, 6.45) is -3.73. The summed E-state index contributed by atoms with van der Waals surface area (Å²) in [5, 5.41) is 2.23. The highest BCUT2D eigenvalue weighted by Gasteiger charge is 2.40. The summed E-state index contributed by atoms with van der Waals surface area (Å²) in [6, 6.07) is 4.51. The van der Waals surface area contributed by atoms with Gasteiger partial charge >= 0.3 is 12.3 Å². The van der Waals surface area contributed by atoms with Gasteiger partial charge in [-0.2, -0.15) is 8.78 Å². The van der Waals surface area contributed by atoms with Crippen LogP contribution in [0.3, 0.4) is 0 Å². The molecule has 0 heterocycles. The van der Waals surface area contributed by atoms with Crippen molar-refractivity contribution in [3.63, 3.8) is 0 Å². The molecule has 18 heavy (non-hydrogen) atoms. The maximum absolute atomic E-state index is 12.8. The molecule has 1 rings (SSSR count). The van der Waals surface area contributed by atoms with E-state index in [1.54, 1.807) is 6.07 Å². The minimum absolute atomic E-state index is 0.0147. The Morgan fingerprint density at radius 3 is 2.56 bits per heavy atom. The summed E-state index contributed by atoms with van der Waals surface area (Å²) >= 11 is 7.92. The lowest BCUT2D eigenvalue weighted by molar-refractivity contribution is -0.117. The van der Waals surface area contributed by atoms with Crippen molar-refractivity contribution in [3.8, 4) is 0 Å². The predicted molar refractivity (Wildman–Crippen MR) is 69.5 cm³/mol. The van der Waals surface area contributed by atoms with E-state index in [9.17, 15) is 17.6 Å². The molecule has 0 spiro atoms. The smallest absolute Gasteiger partial charge is 0.324 e.